The molecule has 0 fully saturated rings. The molecule has 5 N–H and O–H groups in total. The zero-order chi connectivity index (χ0) is 36.7. The van der Waals surface area contributed by atoms with Crippen molar-refractivity contribution in [2.45, 2.75) is 214 Å². The SMILES string of the molecule is CC(C)CCCCCCCCCCCCCCC(=O)O.CC(C)CCCCCCCCCCCCCCC(=O)O.CC(CO)(CO)CO. The Labute approximate surface area is 298 Å². The normalized spacial score (nSPS) is 11.3. The first-order valence-electron chi connectivity index (χ1n) is 20.2. The molecule has 0 aliphatic rings. The van der Waals surface area contributed by atoms with Crippen molar-refractivity contribution in [3.63, 3.8) is 0 Å². The Balaban J connectivity index is -0.000000689. The number of hydrogen-bond acceptors (Lipinski definition) is 5. The fourth-order valence-electron chi connectivity index (χ4n) is 5.34. The van der Waals surface area contributed by atoms with E-state index in [1.165, 1.54) is 141 Å². The minimum atomic E-state index is -0.708. The average molecular weight is 689 g/mol. The number of hydrogen-bond donors (Lipinski definition) is 5. The molecule has 0 spiro atoms. The molecule has 0 heterocycles. The summed E-state index contributed by atoms with van der Waals surface area (Å²) >= 11 is 0. The first kappa shape index (κ1) is 51.2. The van der Waals surface area contributed by atoms with Crippen molar-refractivity contribution in [3.05, 3.63) is 0 Å². The topological polar surface area (TPSA) is 135 Å². The lowest BCUT2D eigenvalue weighted by Crippen LogP contribution is -2.29. The van der Waals surface area contributed by atoms with Crippen LogP contribution in [0.3, 0.4) is 0 Å². The van der Waals surface area contributed by atoms with Gasteiger partial charge in [-0.2, -0.15) is 0 Å². The maximum atomic E-state index is 10.3. The monoisotopic (exact) mass is 689 g/mol. The number of unbranched alkanes of at least 4 members (excludes halogenated alkanes) is 22. The summed E-state index contributed by atoms with van der Waals surface area (Å²) in [5.74, 6) is 0.424. The average Bonchev–Trinajstić information content (AvgIpc) is 3.04. The molecule has 0 aromatic heterocycles. The van der Waals surface area contributed by atoms with Gasteiger partial charge in [0.1, 0.15) is 0 Å². The van der Waals surface area contributed by atoms with Gasteiger partial charge < -0.3 is 25.5 Å². The summed E-state index contributed by atoms with van der Waals surface area (Å²) in [6.45, 7) is 10.3. The number of carboxylic acids is 2. The number of rotatable bonds is 33. The van der Waals surface area contributed by atoms with Crippen LogP contribution in [-0.4, -0.2) is 57.3 Å². The van der Waals surface area contributed by atoms with Crippen molar-refractivity contribution >= 4 is 11.9 Å². The maximum Gasteiger partial charge on any atom is 0.303 e. The van der Waals surface area contributed by atoms with Crippen LogP contribution >= 0.6 is 0 Å². The summed E-state index contributed by atoms with van der Waals surface area (Å²) in [4.78, 5) is 20.7. The molecule has 0 saturated heterocycles. The first-order valence-corrected chi connectivity index (χ1v) is 20.2. The lowest BCUT2D eigenvalue weighted by atomic mass is 9.95. The van der Waals surface area contributed by atoms with Crippen LogP contribution in [0.1, 0.15) is 214 Å². The second kappa shape index (κ2) is 40.3. The molecule has 7 nitrogen and oxygen atoms in total. The molecule has 0 aromatic rings. The summed E-state index contributed by atoms with van der Waals surface area (Å²) in [5.41, 5.74) is -0.708. The highest BCUT2D eigenvalue weighted by Gasteiger charge is 2.20. The van der Waals surface area contributed by atoms with Crippen molar-refractivity contribution in [2.24, 2.45) is 17.3 Å². The molecule has 0 rings (SSSR count). The van der Waals surface area contributed by atoms with Gasteiger partial charge in [0.25, 0.3) is 0 Å². The van der Waals surface area contributed by atoms with E-state index in [0.717, 1.165) is 37.5 Å². The highest BCUT2D eigenvalue weighted by molar-refractivity contribution is 5.66. The van der Waals surface area contributed by atoms with Gasteiger partial charge >= 0.3 is 11.9 Å². The van der Waals surface area contributed by atoms with Crippen LogP contribution < -0.4 is 0 Å². The van der Waals surface area contributed by atoms with Crippen LogP contribution in [0.4, 0.5) is 0 Å². The molecule has 0 radical (unpaired) electrons. The largest absolute Gasteiger partial charge is 0.481 e. The molecule has 290 valence electrons. The zero-order valence-electron chi connectivity index (χ0n) is 32.6. The molecule has 0 amide bonds. The number of carboxylic acid groups (broad SMARTS) is 2. The summed E-state index contributed by atoms with van der Waals surface area (Å²) in [5, 5.41) is 42.4. The van der Waals surface area contributed by atoms with Crippen molar-refractivity contribution in [3.8, 4) is 0 Å². The van der Waals surface area contributed by atoms with E-state index in [1.54, 1.807) is 6.92 Å². The van der Waals surface area contributed by atoms with Gasteiger partial charge in [0.05, 0.1) is 19.8 Å². The van der Waals surface area contributed by atoms with E-state index in [9.17, 15) is 9.59 Å². The molecular weight excluding hydrogens is 604 g/mol. The van der Waals surface area contributed by atoms with E-state index >= 15 is 0 Å². The molecule has 0 atom stereocenters. The predicted molar refractivity (Wildman–Crippen MR) is 204 cm³/mol. The maximum absolute atomic E-state index is 10.3. The zero-order valence-corrected chi connectivity index (χ0v) is 32.6. The van der Waals surface area contributed by atoms with Crippen molar-refractivity contribution < 1.29 is 35.1 Å². The van der Waals surface area contributed by atoms with Gasteiger partial charge in [-0.25, -0.2) is 0 Å². The lowest BCUT2D eigenvalue weighted by Gasteiger charge is -2.20. The van der Waals surface area contributed by atoms with Gasteiger partial charge in [0.15, 0.2) is 0 Å². The molecule has 0 unspecified atom stereocenters. The second-order valence-corrected chi connectivity index (χ2v) is 15.4. The molecule has 0 bridgehead atoms. The summed E-state index contributed by atoms with van der Waals surface area (Å²) < 4.78 is 0. The van der Waals surface area contributed by atoms with E-state index in [0.29, 0.717) is 12.8 Å². The number of aliphatic hydroxyl groups excluding tert-OH is 3. The van der Waals surface area contributed by atoms with E-state index < -0.39 is 17.4 Å². The van der Waals surface area contributed by atoms with Gasteiger partial charge in [0.2, 0.25) is 0 Å². The lowest BCUT2D eigenvalue weighted by molar-refractivity contribution is -0.138. The fraction of sp³-hybridized carbons (Fsp3) is 0.951. The van der Waals surface area contributed by atoms with Crippen LogP contribution in [0.2, 0.25) is 0 Å². The van der Waals surface area contributed by atoms with Crippen molar-refractivity contribution in [1.82, 2.24) is 0 Å². The highest BCUT2D eigenvalue weighted by Crippen LogP contribution is 2.16. The quantitative estimate of drug-likeness (QED) is 0.0433. The third-order valence-electron chi connectivity index (χ3n) is 8.99. The third-order valence-corrected chi connectivity index (χ3v) is 8.99. The summed E-state index contributed by atoms with van der Waals surface area (Å²) in [6, 6.07) is 0. The smallest absolute Gasteiger partial charge is 0.303 e. The van der Waals surface area contributed by atoms with Crippen LogP contribution in [0.5, 0.6) is 0 Å². The van der Waals surface area contributed by atoms with Gasteiger partial charge in [-0.1, -0.05) is 189 Å². The molecule has 0 aliphatic heterocycles. The first-order chi connectivity index (χ1) is 22.9. The molecule has 7 heteroatoms. The molecule has 48 heavy (non-hydrogen) atoms. The van der Waals surface area contributed by atoms with E-state index in [4.69, 9.17) is 25.5 Å². The number of aliphatic hydroxyl groups is 3. The van der Waals surface area contributed by atoms with Crippen LogP contribution in [0, 0.1) is 17.3 Å². The van der Waals surface area contributed by atoms with Gasteiger partial charge in [-0.15, -0.1) is 0 Å². The summed E-state index contributed by atoms with van der Waals surface area (Å²) in [7, 11) is 0. The second-order valence-electron chi connectivity index (χ2n) is 15.4. The highest BCUT2D eigenvalue weighted by atomic mass is 16.4. The summed E-state index contributed by atoms with van der Waals surface area (Å²) in [6.07, 6.45) is 34.6. The molecule has 0 aliphatic carbocycles. The Hall–Kier alpha value is -1.18. The van der Waals surface area contributed by atoms with Gasteiger partial charge in [-0.3, -0.25) is 9.59 Å². The van der Waals surface area contributed by atoms with Gasteiger partial charge in [-0.05, 0) is 24.7 Å². The Bertz CT molecular complexity index is 592. The van der Waals surface area contributed by atoms with Gasteiger partial charge in [0, 0.05) is 18.3 Å². The molecular formula is C41H84O7. The Kier molecular flexibility index (Phi) is 42.9. The van der Waals surface area contributed by atoms with Crippen molar-refractivity contribution in [2.75, 3.05) is 19.8 Å². The van der Waals surface area contributed by atoms with Crippen LogP contribution in [-0.2, 0) is 9.59 Å². The molecule has 0 saturated carbocycles. The Morgan fingerprint density at radius 1 is 0.396 bits per heavy atom. The van der Waals surface area contributed by atoms with Crippen molar-refractivity contribution in [1.29, 1.82) is 0 Å². The Morgan fingerprint density at radius 2 is 0.583 bits per heavy atom. The van der Waals surface area contributed by atoms with Crippen LogP contribution in [0.25, 0.3) is 0 Å². The third kappa shape index (κ3) is 49.2. The van der Waals surface area contributed by atoms with Crippen LogP contribution in [0.15, 0.2) is 0 Å². The van der Waals surface area contributed by atoms with E-state index in [2.05, 4.69) is 27.7 Å². The van der Waals surface area contributed by atoms with E-state index in [1.807, 2.05) is 0 Å². The number of aliphatic carboxylic acids is 2. The predicted octanol–water partition coefficient (Wildman–Crippen LogP) is 11.3. The standard InChI is InChI=1S/2C18H36O2.C5H12O3/c2*1-17(2)15-13-11-9-7-5-3-4-6-8-10-12-14-16-18(19)20;1-5(2-6,3-7)4-8/h2*17H,3-16H2,1-2H3,(H,19,20);6-8H,2-4H2,1H3. The van der Waals surface area contributed by atoms with E-state index in [-0.39, 0.29) is 19.8 Å². The molecule has 0 aromatic carbocycles. The number of carbonyl (C=O) groups is 2. The minimum Gasteiger partial charge on any atom is -0.481 e. The Morgan fingerprint density at radius 3 is 0.729 bits per heavy atom. The fourth-order valence-corrected chi connectivity index (χ4v) is 5.34. The minimum absolute atomic E-state index is 0.181.